The van der Waals surface area contributed by atoms with Gasteiger partial charge in [0.15, 0.2) is 0 Å². The molecule has 1 aromatic rings. The van der Waals surface area contributed by atoms with E-state index >= 15 is 0 Å². The molecular formula is C16H25N3O. The maximum atomic E-state index is 11.9. The summed E-state index contributed by atoms with van der Waals surface area (Å²) in [5.74, 6) is 0.0209. The Morgan fingerprint density at radius 3 is 2.55 bits per heavy atom. The largest absolute Gasteiger partial charge is 0.325 e. The Hall–Kier alpha value is -1.39. The number of hydrogen-bond acceptors (Lipinski definition) is 3. The van der Waals surface area contributed by atoms with Crippen molar-refractivity contribution in [1.29, 1.82) is 0 Å². The quantitative estimate of drug-likeness (QED) is 0.834. The standard InChI is InChI=1S/C16H25N3O/c1-13-7-4-5-8-14(13)18-15(20)11-17-12-16(19(2)3)9-6-10-16/h4-5,7-8,17H,6,9-12H2,1-3H3,(H,18,20). The van der Waals surface area contributed by atoms with Crippen molar-refractivity contribution in [2.45, 2.75) is 31.7 Å². The van der Waals surface area contributed by atoms with Gasteiger partial charge >= 0.3 is 0 Å². The first-order valence-corrected chi connectivity index (χ1v) is 7.27. The van der Waals surface area contributed by atoms with E-state index in [0.717, 1.165) is 17.8 Å². The number of para-hydroxylation sites is 1. The highest BCUT2D eigenvalue weighted by molar-refractivity contribution is 5.92. The van der Waals surface area contributed by atoms with Crippen LogP contribution in [0.5, 0.6) is 0 Å². The third-order valence-corrected chi connectivity index (χ3v) is 4.39. The maximum Gasteiger partial charge on any atom is 0.238 e. The molecule has 2 N–H and O–H groups in total. The van der Waals surface area contributed by atoms with E-state index in [0.29, 0.717) is 6.54 Å². The van der Waals surface area contributed by atoms with Crippen LogP contribution < -0.4 is 10.6 Å². The lowest BCUT2D eigenvalue weighted by molar-refractivity contribution is -0.115. The van der Waals surface area contributed by atoms with E-state index in [9.17, 15) is 4.79 Å². The summed E-state index contributed by atoms with van der Waals surface area (Å²) in [7, 11) is 4.24. The van der Waals surface area contributed by atoms with Crippen LogP contribution in [0, 0.1) is 6.92 Å². The topological polar surface area (TPSA) is 44.4 Å². The van der Waals surface area contributed by atoms with E-state index in [4.69, 9.17) is 0 Å². The van der Waals surface area contributed by atoms with Gasteiger partial charge in [0, 0.05) is 17.8 Å². The van der Waals surface area contributed by atoms with Crippen molar-refractivity contribution >= 4 is 11.6 Å². The molecule has 20 heavy (non-hydrogen) atoms. The van der Waals surface area contributed by atoms with E-state index in [2.05, 4.69) is 29.6 Å². The second-order valence-electron chi connectivity index (χ2n) is 5.94. The summed E-state index contributed by atoms with van der Waals surface area (Å²) in [6, 6.07) is 7.84. The van der Waals surface area contributed by atoms with Gasteiger partial charge in [-0.05, 0) is 51.9 Å². The van der Waals surface area contributed by atoms with Gasteiger partial charge in [-0.1, -0.05) is 18.2 Å². The van der Waals surface area contributed by atoms with Crippen LogP contribution in [0.15, 0.2) is 24.3 Å². The fourth-order valence-corrected chi connectivity index (χ4v) is 2.68. The van der Waals surface area contributed by atoms with Crippen LogP contribution in [-0.4, -0.2) is 43.5 Å². The molecule has 0 aromatic heterocycles. The molecule has 1 aromatic carbocycles. The first kappa shape index (κ1) is 15.0. The average Bonchev–Trinajstić information content (AvgIpc) is 2.35. The number of nitrogens with one attached hydrogen (secondary N) is 2. The number of rotatable bonds is 6. The molecule has 4 nitrogen and oxygen atoms in total. The number of carbonyl (C=O) groups is 1. The zero-order valence-electron chi connectivity index (χ0n) is 12.7. The molecular weight excluding hydrogens is 250 g/mol. The van der Waals surface area contributed by atoms with Gasteiger partial charge in [0.2, 0.25) is 5.91 Å². The second kappa shape index (κ2) is 6.37. The second-order valence-corrected chi connectivity index (χ2v) is 5.94. The summed E-state index contributed by atoms with van der Waals surface area (Å²) < 4.78 is 0. The van der Waals surface area contributed by atoms with E-state index in [1.165, 1.54) is 19.3 Å². The lowest BCUT2D eigenvalue weighted by atomic mass is 9.75. The Morgan fingerprint density at radius 2 is 2.00 bits per heavy atom. The van der Waals surface area contributed by atoms with Gasteiger partial charge in [-0.25, -0.2) is 0 Å². The fourth-order valence-electron chi connectivity index (χ4n) is 2.68. The number of hydrogen-bond donors (Lipinski definition) is 2. The van der Waals surface area contributed by atoms with Gasteiger partial charge in [0.25, 0.3) is 0 Å². The Labute approximate surface area is 121 Å². The molecule has 1 amide bonds. The molecule has 0 saturated heterocycles. The minimum Gasteiger partial charge on any atom is -0.325 e. The predicted molar refractivity (Wildman–Crippen MR) is 82.9 cm³/mol. The van der Waals surface area contributed by atoms with Gasteiger partial charge in [0.1, 0.15) is 0 Å². The molecule has 1 aliphatic rings. The van der Waals surface area contributed by atoms with E-state index in [-0.39, 0.29) is 11.4 Å². The molecule has 0 aliphatic heterocycles. The normalized spacial score (nSPS) is 16.8. The van der Waals surface area contributed by atoms with Crippen LogP contribution in [0.4, 0.5) is 5.69 Å². The number of nitrogens with zero attached hydrogens (tertiary/aromatic N) is 1. The van der Waals surface area contributed by atoms with E-state index in [1.807, 2.05) is 31.2 Å². The average molecular weight is 275 g/mol. The van der Waals surface area contributed by atoms with Gasteiger partial charge in [0.05, 0.1) is 6.54 Å². The Kier molecular flexibility index (Phi) is 4.78. The minimum absolute atomic E-state index is 0.0209. The minimum atomic E-state index is 0.0209. The highest BCUT2D eigenvalue weighted by atomic mass is 16.1. The van der Waals surface area contributed by atoms with Crippen molar-refractivity contribution < 1.29 is 4.79 Å². The Balaban J connectivity index is 1.77. The molecule has 0 heterocycles. The first-order valence-electron chi connectivity index (χ1n) is 7.27. The summed E-state index contributed by atoms with van der Waals surface area (Å²) in [5, 5.41) is 6.24. The van der Waals surface area contributed by atoms with Crippen LogP contribution in [0.25, 0.3) is 0 Å². The molecule has 0 atom stereocenters. The molecule has 0 unspecified atom stereocenters. The van der Waals surface area contributed by atoms with Crippen LogP contribution >= 0.6 is 0 Å². The number of benzene rings is 1. The number of carbonyl (C=O) groups excluding carboxylic acids is 1. The molecule has 1 fully saturated rings. The van der Waals surface area contributed by atoms with Crippen molar-refractivity contribution in [1.82, 2.24) is 10.2 Å². The monoisotopic (exact) mass is 275 g/mol. The van der Waals surface area contributed by atoms with Crippen molar-refractivity contribution in [3.05, 3.63) is 29.8 Å². The van der Waals surface area contributed by atoms with E-state index < -0.39 is 0 Å². The van der Waals surface area contributed by atoms with Gasteiger partial charge in [-0.15, -0.1) is 0 Å². The number of anilines is 1. The van der Waals surface area contributed by atoms with Crippen molar-refractivity contribution in [2.24, 2.45) is 0 Å². The van der Waals surface area contributed by atoms with E-state index in [1.54, 1.807) is 0 Å². The van der Waals surface area contributed by atoms with Gasteiger partial charge in [-0.2, -0.15) is 0 Å². The summed E-state index contributed by atoms with van der Waals surface area (Å²) in [6.07, 6.45) is 3.72. The molecule has 0 bridgehead atoms. The molecule has 1 saturated carbocycles. The lowest BCUT2D eigenvalue weighted by Gasteiger charge is -2.47. The Bertz CT molecular complexity index is 467. The Morgan fingerprint density at radius 1 is 1.30 bits per heavy atom. The van der Waals surface area contributed by atoms with Crippen molar-refractivity contribution in [3.8, 4) is 0 Å². The van der Waals surface area contributed by atoms with Gasteiger partial charge in [-0.3, -0.25) is 4.79 Å². The summed E-state index contributed by atoms with van der Waals surface area (Å²) in [4.78, 5) is 14.2. The SMILES string of the molecule is Cc1ccccc1NC(=O)CNCC1(N(C)C)CCC1. The molecule has 0 spiro atoms. The molecule has 0 radical (unpaired) electrons. The zero-order valence-corrected chi connectivity index (χ0v) is 12.7. The summed E-state index contributed by atoms with van der Waals surface area (Å²) in [6.45, 7) is 3.24. The zero-order chi connectivity index (χ0) is 14.6. The number of amides is 1. The first-order chi connectivity index (χ1) is 9.53. The summed E-state index contributed by atoms with van der Waals surface area (Å²) in [5.41, 5.74) is 2.23. The molecule has 4 heteroatoms. The maximum absolute atomic E-state index is 11.9. The molecule has 110 valence electrons. The number of likely N-dealkylation sites (N-methyl/N-ethyl adjacent to an activating group) is 1. The third-order valence-electron chi connectivity index (χ3n) is 4.39. The molecule has 1 aliphatic carbocycles. The van der Waals surface area contributed by atoms with Crippen LogP contribution in [0.3, 0.4) is 0 Å². The highest BCUT2D eigenvalue weighted by Gasteiger charge is 2.38. The van der Waals surface area contributed by atoms with Crippen LogP contribution in [0.1, 0.15) is 24.8 Å². The van der Waals surface area contributed by atoms with Crippen molar-refractivity contribution in [3.63, 3.8) is 0 Å². The smallest absolute Gasteiger partial charge is 0.238 e. The third kappa shape index (κ3) is 3.38. The fraction of sp³-hybridized carbons (Fsp3) is 0.562. The predicted octanol–water partition coefficient (Wildman–Crippen LogP) is 2.01. The van der Waals surface area contributed by atoms with Crippen LogP contribution in [0.2, 0.25) is 0 Å². The highest BCUT2D eigenvalue weighted by Crippen LogP contribution is 2.35. The van der Waals surface area contributed by atoms with Crippen LogP contribution in [-0.2, 0) is 4.79 Å². The summed E-state index contributed by atoms with van der Waals surface area (Å²) >= 11 is 0. The van der Waals surface area contributed by atoms with Gasteiger partial charge < -0.3 is 15.5 Å². The number of aryl methyl sites for hydroxylation is 1. The van der Waals surface area contributed by atoms with Crippen molar-refractivity contribution in [2.75, 3.05) is 32.5 Å². The lowest BCUT2D eigenvalue weighted by Crippen LogP contribution is -2.57. The molecule has 2 rings (SSSR count).